The predicted octanol–water partition coefficient (Wildman–Crippen LogP) is 4.06. The second-order valence-corrected chi connectivity index (χ2v) is 11.0. The lowest BCUT2D eigenvalue weighted by atomic mass is 9.79. The van der Waals surface area contributed by atoms with Gasteiger partial charge in [-0.3, -0.25) is 9.59 Å². The molecule has 2 amide bonds. The zero-order valence-electron chi connectivity index (χ0n) is 21.5. The van der Waals surface area contributed by atoms with Crippen LogP contribution >= 0.6 is 0 Å². The first-order valence-corrected chi connectivity index (χ1v) is 13.0. The fourth-order valence-electron chi connectivity index (χ4n) is 5.58. The number of amides is 2. The van der Waals surface area contributed by atoms with Gasteiger partial charge in [-0.1, -0.05) is 24.3 Å². The summed E-state index contributed by atoms with van der Waals surface area (Å²) in [6, 6.07) is 3.38. The Kier molecular flexibility index (Phi) is 8.02. The summed E-state index contributed by atoms with van der Waals surface area (Å²) in [6.07, 6.45) is 8.23. The summed E-state index contributed by atoms with van der Waals surface area (Å²) in [7, 11) is 0. The molecule has 2 aliphatic heterocycles. The maximum Gasteiger partial charge on any atom is 0.265 e. The molecule has 1 aromatic carbocycles. The van der Waals surface area contributed by atoms with Gasteiger partial charge in [0.1, 0.15) is 23.3 Å². The van der Waals surface area contributed by atoms with E-state index in [9.17, 15) is 14.0 Å². The van der Waals surface area contributed by atoms with Crippen molar-refractivity contribution in [2.45, 2.75) is 62.8 Å². The number of primary amides is 1. The molecule has 1 aliphatic carbocycles. The molecule has 3 atom stereocenters. The molecule has 2 unspecified atom stereocenters. The van der Waals surface area contributed by atoms with Crippen LogP contribution in [-0.4, -0.2) is 71.8 Å². The topological polar surface area (TPSA) is 75.9 Å². The van der Waals surface area contributed by atoms with Crippen LogP contribution in [0.15, 0.2) is 42.5 Å². The quantitative estimate of drug-likeness (QED) is 0.562. The zero-order valence-corrected chi connectivity index (χ0v) is 21.5. The third-order valence-corrected chi connectivity index (χ3v) is 7.48. The molecule has 2 N–H and O–H groups in total. The van der Waals surface area contributed by atoms with E-state index < -0.39 is 40.9 Å². The van der Waals surface area contributed by atoms with Crippen LogP contribution < -0.4 is 10.5 Å². The van der Waals surface area contributed by atoms with Crippen LogP contribution in [0.2, 0.25) is 0 Å². The van der Waals surface area contributed by atoms with E-state index in [1.807, 2.05) is 0 Å². The minimum Gasteiger partial charge on any atom is -0.493 e. The van der Waals surface area contributed by atoms with Crippen LogP contribution in [0.1, 0.15) is 51.0 Å². The van der Waals surface area contributed by atoms with E-state index >= 15 is 8.78 Å². The third kappa shape index (κ3) is 6.20. The number of nitrogens with zero attached hydrogens (tertiary/aromatic N) is 2. The average molecular weight is 520 g/mol. The summed E-state index contributed by atoms with van der Waals surface area (Å²) >= 11 is 0. The van der Waals surface area contributed by atoms with Crippen molar-refractivity contribution < 1.29 is 27.5 Å². The summed E-state index contributed by atoms with van der Waals surface area (Å²) in [5.74, 6) is -2.83. The Balaban J connectivity index is 1.41. The molecule has 0 aromatic heterocycles. The molecule has 0 saturated carbocycles. The number of carbonyl (C=O) groups excluding carboxylic acids is 2. The van der Waals surface area contributed by atoms with Gasteiger partial charge in [0.05, 0.1) is 12.5 Å². The lowest BCUT2D eigenvalue weighted by Gasteiger charge is -2.35. The summed E-state index contributed by atoms with van der Waals surface area (Å²) in [6.45, 7) is 5.76. The Hall–Kier alpha value is -2.81. The van der Waals surface area contributed by atoms with Gasteiger partial charge in [-0.05, 0) is 76.2 Å². The molecule has 0 spiro atoms. The largest absolute Gasteiger partial charge is 0.493 e. The number of benzene rings is 1. The zero-order chi connectivity index (χ0) is 26.8. The van der Waals surface area contributed by atoms with Gasteiger partial charge in [0.15, 0.2) is 0 Å². The molecular weight excluding hydrogens is 483 g/mol. The second-order valence-electron chi connectivity index (χ2n) is 11.0. The minimum absolute atomic E-state index is 0.0285. The summed E-state index contributed by atoms with van der Waals surface area (Å²) in [5, 5.41) is 0. The van der Waals surface area contributed by atoms with Crippen molar-refractivity contribution >= 4 is 11.8 Å². The number of halogens is 3. The SMILES string of the molecule is CC(C)(F)CN1CCC(COc2ccc(C3C=CC=CC3(F)C(=O)N3CCC[C@H]3C(N)=O)c(F)c2)CC1. The number of allylic oxidation sites excluding steroid dienone is 3. The first kappa shape index (κ1) is 27.2. The highest BCUT2D eigenvalue weighted by Crippen LogP contribution is 2.41. The molecule has 1 aromatic rings. The molecule has 0 bridgehead atoms. The number of ether oxygens (including phenoxy) is 1. The van der Waals surface area contributed by atoms with E-state index in [1.165, 1.54) is 29.2 Å². The van der Waals surface area contributed by atoms with E-state index in [1.54, 1.807) is 26.0 Å². The van der Waals surface area contributed by atoms with Crippen LogP contribution in [0.25, 0.3) is 0 Å². The van der Waals surface area contributed by atoms with Gasteiger partial charge in [-0.2, -0.15) is 0 Å². The molecular formula is C28H36F3N3O3. The number of nitrogens with two attached hydrogens (primary N) is 1. The highest BCUT2D eigenvalue weighted by atomic mass is 19.1. The molecule has 2 saturated heterocycles. The average Bonchev–Trinajstić information content (AvgIpc) is 3.33. The van der Waals surface area contributed by atoms with E-state index in [0.29, 0.717) is 31.7 Å². The van der Waals surface area contributed by atoms with Crippen molar-refractivity contribution in [1.82, 2.24) is 9.80 Å². The van der Waals surface area contributed by atoms with Crippen LogP contribution in [0.5, 0.6) is 5.75 Å². The summed E-state index contributed by atoms with van der Waals surface area (Å²) in [5.41, 5.74) is 1.67. The Morgan fingerprint density at radius 1 is 1.16 bits per heavy atom. The second kappa shape index (κ2) is 10.9. The maximum absolute atomic E-state index is 16.3. The van der Waals surface area contributed by atoms with Gasteiger partial charge in [-0.15, -0.1) is 0 Å². The van der Waals surface area contributed by atoms with Crippen LogP contribution in [0.3, 0.4) is 0 Å². The van der Waals surface area contributed by atoms with Crippen molar-refractivity contribution in [1.29, 1.82) is 0 Å². The van der Waals surface area contributed by atoms with Gasteiger partial charge in [0, 0.05) is 19.2 Å². The van der Waals surface area contributed by atoms with Gasteiger partial charge < -0.3 is 20.3 Å². The van der Waals surface area contributed by atoms with E-state index in [4.69, 9.17) is 10.5 Å². The van der Waals surface area contributed by atoms with E-state index in [-0.39, 0.29) is 18.0 Å². The Labute approximate surface area is 216 Å². The standard InChI is InChI=1S/C28H36F3N3O3/c1-27(2,30)18-33-14-10-19(11-15-33)17-37-20-8-9-21(23(29)16-20)22-6-3-4-12-28(22,31)26(36)34-13-5-7-24(34)25(32)35/h3-4,6,8-9,12,16,19,22,24H,5,7,10-11,13-15,17-18H2,1-2H3,(H2,32,35)/t22?,24-,28?/m0/s1. The van der Waals surface area contributed by atoms with Crippen LogP contribution in [0.4, 0.5) is 13.2 Å². The number of hydrogen-bond acceptors (Lipinski definition) is 4. The first-order valence-electron chi connectivity index (χ1n) is 13.0. The fourth-order valence-corrected chi connectivity index (χ4v) is 5.58. The van der Waals surface area contributed by atoms with Crippen molar-refractivity contribution in [3.05, 3.63) is 53.9 Å². The van der Waals surface area contributed by atoms with E-state index in [2.05, 4.69) is 4.90 Å². The molecule has 3 aliphatic rings. The third-order valence-electron chi connectivity index (χ3n) is 7.48. The number of alkyl halides is 2. The predicted molar refractivity (Wildman–Crippen MR) is 135 cm³/mol. The number of piperidine rings is 1. The number of likely N-dealkylation sites (tertiary alicyclic amines) is 2. The fraction of sp³-hybridized carbons (Fsp3) is 0.571. The van der Waals surface area contributed by atoms with Gasteiger partial charge >= 0.3 is 0 Å². The maximum atomic E-state index is 16.3. The smallest absolute Gasteiger partial charge is 0.265 e. The molecule has 2 heterocycles. The van der Waals surface area contributed by atoms with Gasteiger partial charge in [-0.25, -0.2) is 13.2 Å². The lowest BCUT2D eigenvalue weighted by Crippen LogP contribution is -2.53. The van der Waals surface area contributed by atoms with Crippen LogP contribution in [-0.2, 0) is 9.59 Å². The molecule has 6 nitrogen and oxygen atoms in total. The van der Waals surface area contributed by atoms with E-state index in [0.717, 1.165) is 32.0 Å². The minimum atomic E-state index is -2.54. The summed E-state index contributed by atoms with van der Waals surface area (Å²) in [4.78, 5) is 28.3. The van der Waals surface area contributed by atoms with Gasteiger partial charge in [0.2, 0.25) is 11.6 Å². The first-order chi connectivity index (χ1) is 17.5. The lowest BCUT2D eigenvalue weighted by molar-refractivity contribution is -0.145. The Morgan fingerprint density at radius 2 is 1.89 bits per heavy atom. The molecule has 4 rings (SSSR count). The monoisotopic (exact) mass is 519 g/mol. The highest BCUT2D eigenvalue weighted by molar-refractivity contribution is 5.94. The van der Waals surface area contributed by atoms with Gasteiger partial charge in [0.25, 0.3) is 5.91 Å². The Morgan fingerprint density at radius 3 is 2.54 bits per heavy atom. The Bertz CT molecular complexity index is 1060. The summed E-state index contributed by atoms with van der Waals surface area (Å²) < 4.78 is 51.3. The van der Waals surface area contributed by atoms with Crippen molar-refractivity contribution in [3.63, 3.8) is 0 Å². The number of carbonyl (C=O) groups is 2. The molecule has 202 valence electrons. The molecule has 9 heteroatoms. The van der Waals surface area contributed by atoms with Crippen molar-refractivity contribution in [2.75, 3.05) is 32.8 Å². The number of rotatable bonds is 8. The van der Waals surface area contributed by atoms with Crippen LogP contribution in [0, 0.1) is 11.7 Å². The molecule has 2 fully saturated rings. The number of hydrogen-bond donors (Lipinski definition) is 1. The van der Waals surface area contributed by atoms with Crippen molar-refractivity contribution in [3.8, 4) is 5.75 Å². The van der Waals surface area contributed by atoms with Crippen molar-refractivity contribution in [2.24, 2.45) is 11.7 Å². The highest BCUT2D eigenvalue weighted by Gasteiger charge is 2.50. The normalized spacial score (nSPS) is 27.0. The molecule has 0 radical (unpaired) electrons. The molecule has 37 heavy (non-hydrogen) atoms.